The van der Waals surface area contributed by atoms with Gasteiger partial charge in [0.15, 0.2) is 5.78 Å². The van der Waals surface area contributed by atoms with E-state index in [1.54, 1.807) is 24.3 Å². The van der Waals surface area contributed by atoms with E-state index in [9.17, 15) is 4.79 Å². The van der Waals surface area contributed by atoms with Crippen LogP contribution in [0.3, 0.4) is 0 Å². The third-order valence-electron chi connectivity index (χ3n) is 3.82. The monoisotopic (exact) mass is 279 g/mol. The Morgan fingerprint density at radius 3 is 2.26 bits per heavy atom. The Morgan fingerprint density at radius 1 is 1.05 bits per heavy atom. The van der Waals surface area contributed by atoms with Crippen LogP contribution in [0.5, 0.6) is 0 Å². The molecule has 1 saturated carbocycles. The molecule has 1 aliphatic carbocycles. The van der Waals surface area contributed by atoms with Crippen molar-refractivity contribution in [3.63, 3.8) is 0 Å². The molecule has 2 rings (SSSR count). The summed E-state index contributed by atoms with van der Waals surface area (Å²) in [7, 11) is 0. The maximum atomic E-state index is 12.0. The van der Waals surface area contributed by atoms with Gasteiger partial charge in [0.1, 0.15) is 0 Å². The molecule has 0 bridgehead atoms. The first-order valence-corrected chi connectivity index (χ1v) is 7.65. The lowest BCUT2D eigenvalue weighted by Crippen LogP contribution is -2.34. The van der Waals surface area contributed by atoms with Crippen LogP contribution in [0.1, 0.15) is 55.3 Å². The lowest BCUT2D eigenvalue weighted by molar-refractivity contribution is 0.0985. The van der Waals surface area contributed by atoms with E-state index in [1.165, 1.54) is 44.9 Å². The third kappa shape index (κ3) is 4.96. The predicted molar refractivity (Wildman–Crippen MR) is 79.9 cm³/mol. The number of carbonyl (C=O) groups is 1. The molecular weight excluding hydrogens is 258 g/mol. The molecule has 104 valence electrons. The highest BCUT2D eigenvalue weighted by atomic mass is 35.5. The second-order valence-electron chi connectivity index (χ2n) is 5.35. The first-order chi connectivity index (χ1) is 9.25. The quantitative estimate of drug-likeness (QED) is 0.836. The van der Waals surface area contributed by atoms with Crippen LogP contribution >= 0.6 is 11.6 Å². The topological polar surface area (TPSA) is 29.1 Å². The van der Waals surface area contributed by atoms with Crippen molar-refractivity contribution >= 4 is 17.4 Å². The summed E-state index contributed by atoms with van der Waals surface area (Å²) in [6.07, 6.45) is 9.02. The Balaban J connectivity index is 1.80. The summed E-state index contributed by atoms with van der Waals surface area (Å²) in [6.45, 7) is 0.437. The van der Waals surface area contributed by atoms with Gasteiger partial charge in [0.25, 0.3) is 0 Å². The van der Waals surface area contributed by atoms with Gasteiger partial charge in [-0.2, -0.15) is 0 Å². The fourth-order valence-corrected chi connectivity index (χ4v) is 2.76. The van der Waals surface area contributed by atoms with E-state index >= 15 is 0 Å². The van der Waals surface area contributed by atoms with Gasteiger partial charge in [-0.1, -0.05) is 43.7 Å². The highest BCUT2D eigenvalue weighted by Gasteiger charge is 2.13. The average Bonchev–Trinajstić information content (AvgIpc) is 2.38. The number of Topliss-reactive ketones (excluding diaryl/α,β-unsaturated/α-hetero) is 1. The normalized spacial score (nSPS) is 17.7. The minimum absolute atomic E-state index is 0.152. The lowest BCUT2D eigenvalue weighted by Gasteiger charge is -2.20. The molecule has 0 aliphatic heterocycles. The van der Waals surface area contributed by atoms with Crippen molar-refractivity contribution in [1.82, 2.24) is 5.32 Å². The zero-order valence-electron chi connectivity index (χ0n) is 11.3. The van der Waals surface area contributed by atoms with Crippen molar-refractivity contribution in [3.05, 3.63) is 34.9 Å². The highest BCUT2D eigenvalue weighted by molar-refractivity contribution is 6.30. The molecule has 0 radical (unpaired) electrons. The first-order valence-electron chi connectivity index (χ1n) is 7.28. The number of ketones is 1. The molecule has 0 saturated heterocycles. The number of halogens is 1. The molecular formula is C16H22ClNO. The van der Waals surface area contributed by atoms with Crippen LogP contribution in [0.25, 0.3) is 0 Å². The molecule has 1 aromatic carbocycles. The van der Waals surface area contributed by atoms with Gasteiger partial charge in [0, 0.05) is 16.6 Å². The summed E-state index contributed by atoms with van der Waals surface area (Å²) in [5.74, 6) is 0.152. The lowest BCUT2D eigenvalue weighted by atomic mass is 9.96. The smallest absolute Gasteiger partial charge is 0.176 e. The molecule has 1 N–H and O–H groups in total. The minimum atomic E-state index is 0.152. The summed E-state index contributed by atoms with van der Waals surface area (Å²) in [6, 6.07) is 7.64. The van der Waals surface area contributed by atoms with Crippen molar-refractivity contribution in [2.75, 3.05) is 6.54 Å². The summed E-state index contributed by atoms with van der Waals surface area (Å²) in [5, 5.41) is 4.09. The predicted octanol–water partition coefficient (Wildman–Crippen LogP) is 4.23. The van der Waals surface area contributed by atoms with E-state index in [2.05, 4.69) is 5.32 Å². The van der Waals surface area contributed by atoms with Crippen molar-refractivity contribution in [3.8, 4) is 0 Å². The minimum Gasteiger partial charge on any atom is -0.307 e. The number of nitrogens with one attached hydrogen (secondary N) is 1. The van der Waals surface area contributed by atoms with Gasteiger partial charge in [0.05, 0.1) is 6.54 Å². The third-order valence-corrected chi connectivity index (χ3v) is 4.07. The van der Waals surface area contributed by atoms with Crippen LogP contribution in [0.2, 0.25) is 5.02 Å². The Morgan fingerprint density at radius 2 is 1.63 bits per heavy atom. The largest absolute Gasteiger partial charge is 0.307 e. The fourth-order valence-electron chi connectivity index (χ4n) is 2.64. The molecule has 0 atom stereocenters. The van der Waals surface area contributed by atoms with Crippen LogP contribution in [0, 0.1) is 0 Å². The van der Waals surface area contributed by atoms with E-state index in [-0.39, 0.29) is 5.78 Å². The van der Waals surface area contributed by atoms with Crippen molar-refractivity contribution in [2.24, 2.45) is 0 Å². The molecule has 0 aromatic heterocycles. The molecule has 1 fully saturated rings. The number of hydrogen-bond acceptors (Lipinski definition) is 2. The first kappa shape index (κ1) is 14.5. The van der Waals surface area contributed by atoms with Gasteiger partial charge in [-0.3, -0.25) is 4.79 Å². The molecule has 1 aromatic rings. The van der Waals surface area contributed by atoms with Gasteiger partial charge in [0.2, 0.25) is 0 Å². The summed E-state index contributed by atoms with van der Waals surface area (Å²) >= 11 is 5.82. The van der Waals surface area contributed by atoms with E-state index < -0.39 is 0 Å². The van der Waals surface area contributed by atoms with Gasteiger partial charge in [-0.05, 0) is 37.1 Å². The number of benzene rings is 1. The molecule has 3 heteroatoms. The van der Waals surface area contributed by atoms with Gasteiger partial charge in [-0.15, -0.1) is 0 Å². The summed E-state index contributed by atoms with van der Waals surface area (Å²) < 4.78 is 0. The Labute approximate surface area is 120 Å². The van der Waals surface area contributed by atoms with Gasteiger partial charge >= 0.3 is 0 Å². The van der Waals surface area contributed by atoms with Crippen LogP contribution in [0.4, 0.5) is 0 Å². The maximum Gasteiger partial charge on any atom is 0.176 e. The molecule has 0 heterocycles. The van der Waals surface area contributed by atoms with Gasteiger partial charge in [-0.25, -0.2) is 0 Å². The van der Waals surface area contributed by atoms with Gasteiger partial charge < -0.3 is 5.32 Å². The summed E-state index contributed by atoms with van der Waals surface area (Å²) in [5.41, 5.74) is 0.739. The Hall–Kier alpha value is -0.860. The molecule has 2 nitrogen and oxygen atoms in total. The van der Waals surface area contributed by atoms with E-state index in [0.717, 1.165) is 5.56 Å². The Bertz CT molecular complexity index is 394. The molecule has 19 heavy (non-hydrogen) atoms. The zero-order valence-corrected chi connectivity index (χ0v) is 12.1. The maximum absolute atomic E-state index is 12.0. The standard InChI is InChI=1S/C16H22ClNO/c17-14-10-8-13(9-11-14)16(19)12-18-15-6-4-2-1-3-5-7-15/h8-11,15,18H,1-7,12H2. The molecule has 0 unspecified atom stereocenters. The fraction of sp³-hybridized carbons (Fsp3) is 0.562. The zero-order chi connectivity index (χ0) is 13.5. The SMILES string of the molecule is O=C(CNC1CCCCCCC1)c1ccc(Cl)cc1. The highest BCUT2D eigenvalue weighted by Crippen LogP contribution is 2.17. The molecule has 0 amide bonds. The molecule has 0 spiro atoms. The van der Waals surface area contributed by atoms with E-state index in [1.807, 2.05) is 0 Å². The van der Waals surface area contributed by atoms with Crippen LogP contribution in [0.15, 0.2) is 24.3 Å². The van der Waals surface area contributed by atoms with Crippen molar-refractivity contribution in [1.29, 1.82) is 0 Å². The van der Waals surface area contributed by atoms with Crippen LogP contribution in [-0.4, -0.2) is 18.4 Å². The van der Waals surface area contributed by atoms with Crippen molar-refractivity contribution < 1.29 is 4.79 Å². The second-order valence-corrected chi connectivity index (χ2v) is 5.79. The van der Waals surface area contributed by atoms with Crippen LogP contribution < -0.4 is 5.32 Å². The Kier molecular flexibility index (Phi) is 5.87. The van der Waals surface area contributed by atoms with Crippen LogP contribution in [-0.2, 0) is 0 Å². The number of rotatable bonds is 4. The van der Waals surface area contributed by atoms with E-state index in [0.29, 0.717) is 17.6 Å². The number of carbonyl (C=O) groups excluding carboxylic acids is 1. The molecule has 1 aliphatic rings. The van der Waals surface area contributed by atoms with E-state index in [4.69, 9.17) is 11.6 Å². The van der Waals surface area contributed by atoms with Crippen molar-refractivity contribution in [2.45, 2.75) is 51.0 Å². The second kappa shape index (κ2) is 7.66. The average molecular weight is 280 g/mol. The number of hydrogen-bond donors (Lipinski definition) is 1. The summed E-state index contributed by atoms with van der Waals surface area (Å²) in [4.78, 5) is 12.0.